The molecule has 0 atom stereocenters. The van der Waals surface area contributed by atoms with Crippen LogP contribution in [0.5, 0.6) is 0 Å². The minimum Gasteiger partial charge on any atom is -0.387 e. The number of aryl methyl sites for hydroxylation is 2. The maximum atomic E-state index is 5.56. The van der Waals surface area contributed by atoms with E-state index in [4.69, 9.17) is 19.5 Å². The number of hydrogen-bond acceptors (Lipinski definition) is 7. The van der Waals surface area contributed by atoms with Gasteiger partial charge in [-0.05, 0) is 38.3 Å². The fraction of sp³-hybridized carbons (Fsp3) is 0.440. The van der Waals surface area contributed by atoms with Gasteiger partial charge in [0.25, 0.3) is 0 Å². The van der Waals surface area contributed by atoms with Crippen LogP contribution in [-0.4, -0.2) is 67.6 Å². The maximum Gasteiger partial charge on any atom is 0.192 e. The molecule has 1 saturated heterocycles. The van der Waals surface area contributed by atoms with Crippen molar-refractivity contribution in [3.8, 4) is 0 Å². The monoisotopic (exact) mass is 461 g/mol. The van der Waals surface area contributed by atoms with Crippen molar-refractivity contribution in [1.82, 2.24) is 29.0 Å². The van der Waals surface area contributed by atoms with Gasteiger partial charge in [0, 0.05) is 31.9 Å². The van der Waals surface area contributed by atoms with Crippen LogP contribution in [0.3, 0.4) is 0 Å². The van der Waals surface area contributed by atoms with E-state index >= 15 is 0 Å². The Morgan fingerprint density at radius 2 is 1.88 bits per heavy atom. The molecular formula is C25H31N7O2. The van der Waals surface area contributed by atoms with Crippen molar-refractivity contribution in [1.29, 1.82) is 0 Å². The molecule has 1 aliphatic heterocycles. The number of benzene rings is 1. The number of morpholine rings is 1. The Hall–Kier alpha value is -3.30. The number of aromatic nitrogens is 5. The highest BCUT2D eigenvalue weighted by molar-refractivity contribution is 5.98. The Kier molecular flexibility index (Phi) is 6.55. The second kappa shape index (κ2) is 9.90. The smallest absolute Gasteiger partial charge is 0.192 e. The number of nitrogens with zero attached hydrogens (tertiary/aromatic N) is 7. The highest BCUT2D eigenvalue weighted by atomic mass is 16.6. The standard InChI is InChI=1S/C25H31N7O2/c1-18-20(3)31(11-7-10-30-12-14-33-15-13-30)24-23(18)25-27-22(28-32(25)17-26-24)16-34-29-19(2)21-8-5-4-6-9-21/h4-6,8-9,17H,7,10-16H2,1-3H3/b29-19-. The number of rotatable bonds is 8. The summed E-state index contributed by atoms with van der Waals surface area (Å²) in [6.45, 7) is 12.1. The van der Waals surface area contributed by atoms with Gasteiger partial charge in [-0.25, -0.2) is 14.5 Å². The van der Waals surface area contributed by atoms with Crippen LogP contribution in [-0.2, 0) is 22.7 Å². The summed E-state index contributed by atoms with van der Waals surface area (Å²) in [6, 6.07) is 9.95. The van der Waals surface area contributed by atoms with Crippen LogP contribution in [0.4, 0.5) is 0 Å². The van der Waals surface area contributed by atoms with Gasteiger partial charge in [0.1, 0.15) is 12.0 Å². The number of fused-ring (bicyclic) bond motifs is 3. The summed E-state index contributed by atoms with van der Waals surface area (Å²) >= 11 is 0. The minimum absolute atomic E-state index is 0.200. The molecule has 4 aromatic rings. The van der Waals surface area contributed by atoms with E-state index < -0.39 is 0 Å². The van der Waals surface area contributed by atoms with Crippen molar-refractivity contribution in [3.05, 3.63) is 59.3 Å². The van der Waals surface area contributed by atoms with Gasteiger partial charge in [-0.3, -0.25) is 4.90 Å². The molecule has 34 heavy (non-hydrogen) atoms. The van der Waals surface area contributed by atoms with Crippen LogP contribution in [0.1, 0.15) is 36.0 Å². The Balaban J connectivity index is 1.33. The van der Waals surface area contributed by atoms with Crippen LogP contribution in [0.25, 0.3) is 16.7 Å². The van der Waals surface area contributed by atoms with E-state index in [2.05, 4.69) is 33.6 Å². The number of oxime groups is 1. The van der Waals surface area contributed by atoms with E-state index in [0.717, 1.165) is 73.8 Å². The van der Waals surface area contributed by atoms with Crippen molar-refractivity contribution in [2.45, 2.75) is 40.3 Å². The van der Waals surface area contributed by atoms with Crippen molar-refractivity contribution in [2.24, 2.45) is 5.16 Å². The lowest BCUT2D eigenvalue weighted by atomic mass is 10.1. The summed E-state index contributed by atoms with van der Waals surface area (Å²) in [4.78, 5) is 17.5. The van der Waals surface area contributed by atoms with Crippen molar-refractivity contribution in [2.75, 3.05) is 32.8 Å². The van der Waals surface area contributed by atoms with Gasteiger partial charge in [-0.15, -0.1) is 5.10 Å². The molecule has 4 heterocycles. The first kappa shape index (κ1) is 22.5. The highest BCUT2D eigenvalue weighted by Crippen LogP contribution is 2.27. The molecule has 9 nitrogen and oxygen atoms in total. The first-order chi connectivity index (χ1) is 16.6. The zero-order valence-corrected chi connectivity index (χ0v) is 20.1. The number of ether oxygens (including phenoxy) is 1. The molecule has 0 aliphatic carbocycles. The molecule has 0 amide bonds. The van der Waals surface area contributed by atoms with Crippen LogP contribution in [0, 0.1) is 13.8 Å². The summed E-state index contributed by atoms with van der Waals surface area (Å²) in [5.74, 6) is 0.580. The molecule has 178 valence electrons. The first-order valence-electron chi connectivity index (χ1n) is 11.8. The van der Waals surface area contributed by atoms with Crippen LogP contribution >= 0.6 is 0 Å². The van der Waals surface area contributed by atoms with Crippen LogP contribution in [0.2, 0.25) is 0 Å². The average molecular weight is 462 g/mol. The molecular weight excluding hydrogens is 430 g/mol. The molecule has 1 fully saturated rings. The van der Waals surface area contributed by atoms with Gasteiger partial charge < -0.3 is 14.1 Å². The van der Waals surface area contributed by atoms with Gasteiger partial charge in [0.05, 0.1) is 24.3 Å². The lowest BCUT2D eigenvalue weighted by molar-refractivity contribution is 0.0369. The summed E-state index contributed by atoms with van der Waals surface area (Å²) in [7, 11) is 0. The fourth-order valence-corrected chi connectivity index (χ4v) is 4.51. The van der Waals surface area contributed by atoms with E-state index in [9.17, 15) is 0 Å². The summed E-state index contributed by atoms with van der Waals surface area (Å²) in [5, 5.41) is 9.83. The number of hydrogen-bond donors (Lipinski definition) is 0. The van der Waals surface area contributed by atoms with Gasteiger partial charge in [-0.1, -0.05) is 35.5 Å². The zero-order chi connectivity index (χ0) is 23.5. The Morgan fingerprint density at radius 3 is 2.68 bits per heavy atom. The molecule has 0 unspecified atom stereocenters. The lowest BCUT2D eigenvalue weighted by Crippen LogP contribution is -2.37. The summed E-state index contributed by atoms with van der Waals surface area (Å²) in [6.07, 6.45) is 2.81. The lowest BCUT2D eigenvalue weighted by Gasteiger charge is -2.26. The molecule has 9 heteroatoms. The molecule has 5 rings (SSSR count). The maximum absolute atomic E-state index is 5.56. The van der Waals surface area contributed by atoms with E-state index in [1.54, 1.807) is 10.8 Å². The SMILES string of the molecule is C/C(=N/OCc1nc2c3c(C)c(C)n(CCCN4CCOCC4)c3ncn2n1)c1ccccc1. The normalized spacial score (nSPS) is 15.4. The second-order valence-electron chi connectivity index (χ2n) is 8.73. The predicted molar refractivity (Wildman–Crippen MR) is 131 cm³/mol. The third-order valence-corrected chi connectivity index (χ3v) is 6.54. The summed E-state index contributed by atoms with van der Waals surface area (Å²) in [5.41, 5.74) is 6.02. The van der Waals surface area contributed by atoms with Crippen LogP contribution in [0.15, 0.2) is 41.8 Å². The van der Waals surface area contributed by atoms with Crippen molar-refractivity contribution < 1.29 is 9.57 Å². The Bertz CT molecular complexity index is 1300. The van der Waals surface area contributed by atoms with Crippen LogP contribution < -0.4 is 0 Å². The fourth-order valence-electron chi connectivity index (χ4n) is 4.51. The molecule has 0 bridgehead atoms. The first-order valence-corrected chi connectivity index (χ1v) is 11.8. The molecule has 0 saturated carbocycles. The Morgan fingerprint density at radius 1 is 1.09 bits per heavy atom. The highest BCUT2D eigenvalue weighted by Gasteiger charge is 2.18. The van der Waals surface area contributed by atoms with E-state index in [-0.39, 0.29) is 6.61 Å². The van der Waals surface area contributed by atoms with Gasteiger partial charge in [0.2, 0.25) is 0 Å². The minimum atomic E-state index is 0.200. The topological polar surface area (TPSA) is 82.1 Å². The zero-order valence-electron chi connectivity index (χ0n) is 20.1. The van der Waals surface area contributed by atoms with Gasteiger partial charge >= 0.3 is 0 Å². The predicted octanol–water partition coefficient (Wildman–Crippen LogP) is 3.36. The molecule has 0 radical (unpaired) electrons. The molecule has 0 spiro atoms. The quantitative estimate of drug-likeness (QED) is 0.296. The average Bonchev–Trinajstić information content (AvgIpc) is 3.39. The largest absolute Gasteiger partial charge is 0.387 e. The van der Waals surface area contributed by atoms with Gasteiger partial charge in [0.15, 0.2) is 18.1 Å². The third-order valence-electron chi connectivity index (χ3n) is 6.54. The third kappa shape index (κ3) is 4.53. The second-order valence-corrected chi connectivity index (χ2v) is 8.73. The van der Waals surface area contributed by atoms with Crippen molar-refractivity contribution >= 4 is 22.4 Å². The van der Waals surface area contributed by atoms with Crippen molar-refractivity contribution in [3.63, 3.8) is 0 Å². The molecule has 0 N–H and O–H groups in total. The Labute approximate surface area is 199 Å². The van der Waals surface area contributed by atoms with E-state index in [0.29, 0.717) is 5.82 Å². The van der Waals surface area contributed by atoms with E-state index in [1.165, 1.54) is 11.3 Å². The van der Waals surface area contributed by atoms with E-state index in [1.807, 2.05) is 37.3 Å². The molecule has 1 aromatic carbocycles. The summed E-state index contributed by atoms with van der Waals surface area (Å²) < 4.78 is 9.50. The molecule has 3 aromatic heterocycles. The molecule has 1 aliphatic rings. The van der Waals surface area contributed by atoms with Gasteiger partial charge in [-0.2, -0.15) is 0 Å².